The quantitative estimate of drug-likeness (QED) is 0.858. The van der Waals surface area contributed by atoms with Crippen molar-refractivity contribution in [3.63, 3.8) is 0 Å². The zero-order valence-electron chi connectivity index (χ0n) is 11.2. The summed E-state index contributed by atoms with van der Waals surface area (Å²) in [6.07, 6.45) is 0.427. The summed E-state index contributed by atoms with van der Waals surface area (Å²) in [5.74, 6) is -0.338. The van der Waals surface area contributed by atoms with Crippen LogP contribution >= 0.6 is 46.0 Å². The number of hydrogen-bond acceptors (Lipinski definition) is 6. The van der Waals surface area contributed by atoms with E-state index in [9.17, 15) is 14.7 Å². The number of hydrogen-bond donors (Lipinski definition) is 2. The Bertz CT molecular complexity index is 722. The third-order valence-electron chi connectivity index (χ3n) is 3.30. The number of nitrogens with one attached hydrogen (secondary N) is 1. The highest BCUT2D eigenvalue weighted by Gasteiger charge is 2.43. The molecule has 0 spiro atoms. The van der Waals surface area contributed by atoms with Crippen molar-refractivity contribution < 1.29 is 14.7 Å². The smallest absolute Gasteiger partial charge is 0.330 e. The fourth-order valence-corrected chi connectivity index (χ4v) is 5.33. The molecule has 2 N–H and O–H groups in total. The van der Waals surface area contributed by atoms with E-state index in [-0.39, 0.29) is 5.69 Å². The van der Waals surface area contributed by atoms with Crippen molar-refractivity contribution in [3.8, 4) is 9.88 Å². The fourth-order valence-electron chi connectivity index (χ4n) is 2.09. The lowest BCUT2D eigenvalue weighted by Crippen LogP contribution is -2.54. The third kappa shape index (κ3) is 3.01. The first-order chi connectivity index (χ1) is 10.5. The van der Waals surface area contributed by atoms with Crippen LogP contribution in [0.15, 0.2) is 17.5 Å². The number of amides is 1. The van der Waals surface area contributed by atoms with Crippen LogP contribution in [0.25, 0.3) is 9.88 Å². The topological polar surface area (TPSA) is 79.3 Å². The lowest BCUT2D eigenvalue weighted by molar-refractivity contribution is -0.143. The summed E-state index contributed by atoms with van der Waals surface area (Å²) in [4.78, 5) is 28.9. The minimum absolute atomic E-state index is 0.238. The van der Waals surface area contributed by atoms with Gasteiger partial charge >= 0.3 is 5.97 Å². The predicted octanol–water partition coefficient (Wildman–Crippen LogP) is 3.22. The Labute approximate surface area is 143 Å². The maximum absolute atomic E-state index is 12.3. The summed E-state index contributed by atoms with van der Waals surface area (Å²) in [6, 6.07) is 3.62. The number of carbonyl (C=O) groups excluding carboxylic acids is 1. The standard InChI is InChI=1S/C13H11ClN2O3S3/c14-9-2-1-8(22-9)11-15-7(5-21-11)10(17)16-13(12(18)19)3-4-20-6-13/h1-2,5H,3-4,6H2,(H,16,17)(H,18,19). The Kier molecular flexibility index (Phi) is 4.44. The van der Waals surface area contributed by atoms with E-state index in [1.165, 1.54) is 34.4 Å². The number of thiazole rings is 1. The number of carboxylic acid groups (broad SMARTS) is 1. The zero-order chi connectivity index (χ0) is 15.7. The normalized spacial score (nSPS) is 21.0. The first-order valence-corrected chi connectivity index (χ1v) is 9.58. The number of halogens is 1. The van der Waals surface area contributed by atoms with Crippen LogP contribution < -0.4 is 5.32 Å². The number of aromatic nitrogens is 1. The van der Waals surface area contributed by atoms with Gasteiger partial charge in [-0.1, -0.05) is 11.6 Å². The molecule has 116 valence electrons. The van der Waals surface area contributed by atoms with E-state index in [0.717, 1.165) is 10.6 Å². The van der Waals surface area contributed by atoms with Crippen LogP contribution in [-0.2, 0) is 4.79 Å². The van der Waals surface area contributed by atoms with Crippen molar-refractivity contribution >= 4 is 57.9 Å². The number of thiophene rings is 1. The molecule has 1 atom stereocenters. The molecule has 1 aliphatic rings. The lowest BCUT2D eigenvalue weighted by Gasteiger charge is -2.23. The first-order valence-electron chi connectivity index (χ1n) is 6.35. The number of carboxylic acids is 1. The van der Waals surface area contributed by atoms with Gasteiger partial charge < -0.3 is 10.4 Å². The van der Waals surface area contributed by atoms with Crippen LogP contribution in [0, 0.1) is 0 Å². The van der Waals surface area contributed by atoms with Gasteiger partial charge in [-0.2, -0.15) is 11.8 Å². The number of thioether (sulfide) groups is 1. The molecule has 3 rings (SSSR count). The molecule has 0 bridgehead atoms. The highest BCUT2D eigenvalue weighted by Crippen LogP contribution is 2.33. The highest BCUT2D eigenvalue weighted by atomic mass is 35.5. The molecule has 2 aromatic heterocycles. The van der Waals surface area contributed by atoms with Gasteiger partial charge in [-0.05, 0) is 24.3 Å². The summed E-state index contributed by atoms with van der Waals surface area (Å²) in [5.41, 5.74) is -0.945. The average Bonchev–Trinajstić information content (AvgIpc) is 3.17. The van der Waals surface area contributed by atoms with Crippen LogP contribution in [0.1, 0.15) is 16.9 Å². The molecular formula is C13H11ClN2O3S3. The van der Waals surface area contributed by atoms with E-state index in [4.69, 9.17) is 11.6 Å². The van der Waals surface area contributed by atoms with Gasteiger partial charge in [-0.15, -0.1) is 22.7 Å². The molecule has 0 aliphatic carbocycles. The second kappa shape index (κ2) is 6.19. The second-order valence-corrected chi connectivity index (χ2v) is 8.46. The van der Waals surface area contributed by atoms with E-state index in [2.05, 4.69) is 10.3 Å². The van der Waals surface area contributed by atoms with Gasteiger partial charge in [-0.3, -0.25) is 4.79 Å². The molecule has 2 aromatic rings. The Morgan fingerprint density at radius 1 is 1.41 bits per heavy atom. The van der Waals surface area contributed by atoms with Crippen molar-refractivity contribution in [1.29, 1.82) is 0 Å². The summed E-state index contributed by atoms with van der Waals surface area (Å²) < 4.78 is 0.656. The SMILES string of the molecule is O=C(NC1(C(=O)O)CCSC1)c1csc(-c2ccc(Cl)s2)n1. The van der Waals surface area contributed by atoms with Gasteiger partial charge in [0.05, 0.1) is 9.21 Å². The van der Waals surface area contributed by atoms with Crippen molar-refractivity contribution in [3.05, 3.63) is 27.5 Å². The number of rotatable bonds is 4. The number of nitrogens with zero attached hydrogens (tertiary/aromatic N) is 1. The van der Waals surface area contributed by atoms with Crippen molar-refractivity contribution in [2.45, 2.75) is 12.0 Å². The molecule has 0 saturated carbocycles. The van der Waals surface area contributed by atoms with Crippen LogP contribution in [0.5, 0.6) is 0 Å². The van der Waals surface area contributed by atoms with E-state index in [1.54, 1.807) is 11.4 Å². The lowest BCUT2D eigenvalue weighted by atomic mass is 9.99. The molecule has 1 saturated heterocycles. The molecule has 1 aliphatic heterocycles. The third-order valence-corrected chi connectivity index (χ3v) is 6.74. The van der Waals surface area contributed by atoms with Gasteiger partial charge in [-0.25, -0.2) is 9.78 Å². The molecule has 1 unspecified atom stereocenters. The van der Waals surface area contributed by atoms with E-state index in [0.29, 0.717) is 21.5 Å². The summed E-state index contributed by atoms with van der Waals surface area (Å²) in [5, 5.41) is 14.4. The van der Waals surface area contributed by atoms with Crippen LogP contribution in [0.4, 0.5) is 0 Å². The summed E-state index contributed by atoms with van der Waals surface area (Å²) in [6.45, 7) is 0. The van der Waals surface area contributed by atoms with Crippen molar-refractivity contribution in [2.75, 3.05) is 11.5 Å². The van der Waals surface area contributed by atoms with E-state index in [1.807, 2.05) is 6.07 Å². The van der Waals surface area contributed by atoms with Gasteiger partial charge in [0.2, 0.25) is 0 Å². The van der Waals surface area contributed by atoms with Gasteiger partial charge in [0.15, 0.2) is 0 Å². The highest BCUT2D eigenvalue weighted by molar-refractivity contribution is 7.99. The van der Waals surface area contributed by atoms with Crippen molar-refractivity contribution in [2.24, 2.45) is 0 Å². The average molecular weight is 375 g/mol. The molecule has 5 nitrogen and oxygen atoms in total. The van der Waals surface area contributed by atoms with Crippen LogP contribution in [-0.4, -0.2) is 39.0 Å². The minimum atomic E-state index is -1.18. The van der Waals surface area contributed by atoms with Gasteiger partial charge in [0.1, 0.15) is 16.2 Å². The minimum Gasteiger partial charge on any atom is -0.479 e. The molecule has 0 radical (unpaired) electrons. The van der Waals surface area contributed by atoms with E-state index >= 15 is 0 Å². The second-order valence-electron chi connectivity index (χ2n) is 4.79. The van der Waals surface area contributed by atoms with E-state index < -0.39 is 17.4 Å². The summed E-state index contributed by atoms with van der Waals surface area (Å²) >= 11 is 10.1. The molecular weight excluding hydrogens is 364 g/mol. The van der Waals surface area contributed by atoms with Gasteiger partial charge in [0.25, 0.3) is 5.91 Å². The molecule has 1 amide bonds. The summed E-state index contributed by atoms with van der Waals surface area (Å²) in [7, 11) is 0. The maximum atomic E-state index is 12.3. The first kappa shape index (κ1) is 15.8. The molecule has 0 aromatic carbocycles. The number of carbonyl (C=O) groups is 2. The number of aliphatic carboxylic acids is 1. The molecule has 1 fully saturated rings. The zero-order valence-corrected chi connectivity index (χ0v) is 14.4. The van der Waals surface area contributed by atoms with Crippen LogP contribution in [0.3, 0.4) is 0 Å². The Morgan fingerprint density at radius 3 is 2.82 bits per heavy atom. The Balaban J connectivity index is 1.78. The predicted molar refractivity (Wildman–Crippen MR) is 90.2 cm³/mol. The van der Waals surface area contributed by atoms with Gasteiger partial charge in [0, 0.05) is 11.1 Å². The monoisotopic (exact) mass is 374 g/mol. The largest absolute Gasteiger partial charge is 0.479 e. The Hall–Kier alpha value is -1.09. The van der Waals surface area contributed by atoms with Crippen molar-refractivity contribution in [1.82, 2.24) is 10.3 Å². The molecule has 22 heavy (non-hydrogen) atoms. The van der Waals surface area contributed by atoms with Crippen LogP contribution in [0.2, 0.25) is 4.34 Å². The molecule has 9 heteroatoms. The maximum Gasteiger partial charge on any atom is 0.330 e. The Morgan fingerprint density at radius 2 is 2.23 bits per heavy atom. The fraction of sp³-hybridized carbons (Fsp3) is 0.308. The molecule has 3 heterocycles.